The second-order valence-corrected chi connectivity index (χ2v) is 10.6. The molecule has 9 heteroatoms. The maximum atomic E-state index is 13.1. The molecule has 0 spiro atoms. The fourth-order valence-electron chi connectivity index (χ4n) is 3.93. The van der Waals surface area contributed by atoms with Gasteiger partial charge in [-0.25, -0.2) is 13.1 Å². The Morgan fingerprint density at radius 1 is 1.09 bits per heavy atom. The number of aromatic nitrogens is 2. The van der Waals surface area contributed by atoms with E-state index in [-0.39, 0.29) is 23.3 Å². The molecule has 1 aliphatic rings. The van der Waals surface area contributed by atoms with Gasteiger partial charge in [0.25, 0.3) is 0 Å². The molecule has 1 saturated heterocycles. The van der Waals surface area contributed by atoms with Gasteiger partial charge < -0.3 is 10.1 Å². The largest absolute Gasteiger partial charge is 0.489 e. The zero-order chi connectivity index (χ0) is 24.1. The van der Waals surface area contributed by atoms with Gasteiger partial charge in [-0.2, -0.15) is 9.40 Å². The second-order valence-electron chi connectivity index (χ2n) is 8.64. The summed E-state index contributed by atoms with van der Waals surface area (Å²) in [4.78, 5) is 13.0. The van der Waals surface area contributed by atoms with Crippen LogP contribution in [0.2, 0.25) is 0 Å². The summed E-state index contributed by atoms with van der Waals surface area (Å²) in [7, 11) is -3.64. The lowest BCUT2D eigenvalue weighted by Gasteiger charge is -2.26. The minimum Gasteiger partial charge on any atom is -0.489 e. The van der Waals surface area contributed by atoms with E-state index in [2.05, 4.69) is 10.4 Å². The Morgan fingerprint density at radius 3 is 2.53 bits per heavy atom. The fourth-order valence-corrected chi connectivity index (χ4v) is 5.48. The van der Waals surface area contributed by atoms with Gasteiger partial charge in [0, 0.05) is 19.3 Å². The van der Waals surface area contributed by atoms with Gasteiger partial charge >= 0.3 is 0 Å². The van der Waals surface area contributed by atoms with Crippen LogP contribution in [0.3, 0.4) is 0 Å². The lowest BCUT2D eigenvalue weighted by molar-refractivity contribution is -0.115. The van der Waals surface area contributed by atoms with E-state index in [9.17, 15) is 13.2 Å². The van der Waals surface area contributed by atoms with Crippen molar-refractivity contribution in [3.8, 4) is 11.4 Å². The molecular formula is C25H30N4O4S. The quantitative estimate of drug-likeness (QED) is 0.524. The number of carbonyl (C=O) groups excluding carboxylic acids is 1. The SMILES string of the molecule is CC(C)Oc1ccc(S(=O)(=O)N2CCCCC2)cc1NC(=O)Cc1cnn(-c2ccccc2)c1. The maximum Gasteiger partial charge on any atom is 0.243 e. The van der Waals surface area contributed by atoms with Gasteiger partial charge in [-0.1, -0.05) is 24.6 Å². The van der Waals surface area contributed by atoms with Gasteiger partial charge in [0.15, 0.2) is 0 Å². The van der Waals surface area contributed by atoms with Gasteiger partial charge in [-0.05, 0) is 62.6 Å². The fraction of sp³-hybridized carbons (Fsp3) is 0.360. The van der Waals surface area contributed by atoms with Crippen LogP contribution >= 0.6 is 0 Å². The van der Waals surface area contributed by atoms with Crippen LogP contribution in [0.4, 0.5) is 5.69 Å². The average molecular weight is 483 g/mol. The van der Waals surface area contributed by atoms with Crippen molar-refractivity contribution in [1.82, 2.24) is 14.1 Å². The number of nitrogens with one attached hydrogen (secondary N) is 1. The lowest BCUT2D eigenvalue weighted by Crippen LogP contribution is -2.35. The summed E-state index contributed by atoms with van der Waals surface area (Å²) in [5, 5.41) is 7.17. The van der Waals surface area contributed by atoms with E-state index in [1.165, 1.54) is 10.4 Å². The first-order valence-electron chi connectivity index (χ1n) is 11.5. The molecule has 1 aromatic heterocycles. The Kier molecular flexibility index (Phi) is 7.33. The van der Waals surface area contributed by atoms with Crippen molar-refractivity contribution in [3.63, 3.8) is 0 Å². The highest BCUT2D eigenvalue weighted by atomic mass is 32.2. The van der Waals surface area contributed by atoms with Crippen LogP contribution in [-0.2, 0) is 21.2 Å². The Labute approximate surface area is 200 Å². The van der Waals surface area contributed by atoms with Crippen LogP contribution < -0.4 is 10.1 Å². The molecule has 0 unspecified atom stereocenters. The normalized spacial score (nSPS) is 14.8. The van der Waals surface area contributed by atoms with Crippen LogP contribution in [0, 0.1) is 0 Å². The predicted molar refractivity (Wildman–Crippen MR) is 131 cm³/mol. The van der Waals surface area contributed by atoms with Crippen molar-refractivity contribution in [1.29, 1.82) is 0 Å². The monoisotopic (exact) mass is 482 g/mol. The maximum absolute atomic E-state index is 13.1. The predicted octanol–water partition coefficient (Wildman–Crippen LogP) is 4.02. The zero-order valence-electron chi connectivity index (χ0n) is 19.5. The van der Waals surface area contributed by atoms with Gasteiger partial charge in [0.1, 0.15) is 5.75 Å². The minimum absolute atomic E-state index is 0.0943. The number of amides is 1. The molecule has 1 N–H and O–H groups in total. The lowest BCUT2D eigenvalue weighted by atomic mass is 10.2. The number of rotatable bonds is 8. The molecule has 0 radical (unpaired) electrons. The number of carbonyl (C=O) groups is 1. The first-order valence-corrected chi connectivity index (χ1v) is 13.0. The van der Waals surface area contributed by atoms with E-state index in [1.807, 2.05) is 44.2 Å². The molecule has 1 fully saturated rings. The van der Waals surface area contributed by atoms with E-state index in [0.717, 1.165) is 30.5 Å². The van der Waals surface area contributed by atoms with E-state index in [4.69, 9.17) is 4.74 Å². The number of anilines is 1. The highest BCUT2D eigenvalue weighted by Crippen LogP contribution is 2.31. The van der Waals surface area contributed by atoms with Crippen molar-refractivity contribution in [2.45, 2.75) is 50.5 Å². The molecule has 0 atom stereocenters. The molecule has 0 bridgehead atoms. The summed E-state index contributed by atoms with van der Waals surface area (Å²) in [6.45, 7) is 4.78. The topological polar surface area (TPSA) is 93.5 Å². The number of ether oxygens (including phenoxy) is 1. The third-order valence-electron chi connectivity index (χ3n) is 5.56. The summed E-state index contributed by atoms with van der Waals surface area (Å²) in [6.07, 6.45) is 6.16. The molecule has 4 rings (SSSR count). The number of hydrogen-bond donors (Lipinski definition) is 1. The smallest absolute Gasteiger partial charge is 0.243 e. The molecule has 0 aliphatic carbocycles. The number of nitrogens with zero attached hydrogens (tertiary/aromatic N) is 3. The molecule has 3 aromatic rings. The third kappa shape index (κ3) is 5.66. The van der Waals surface area contributed by atoms with E-state index in [0.29, 0.717) is 24.5 Å². The molecule has 2 heterocycles. The zero-order valence-corrected chi connectivity index (χ0v) is 20.3. The van der Waals surface area contributed by atoms with Crippen LogP contribution in [0.15, 0.2) is 65.8 Å². The van der Waals surface area contributed by atoms with Crippen molar-refractivity contribution < 1.29 is 17.9 Å². The Hall–Kier alpha value is -3.17. The Balaban J connectivity index is 1.54. The number of benzene rings is 2. The van der Waals surface area contributed by atoms with Crippen molar-refractivity contribution in [2.24, 2.45) is 0 Å². The summed E-state index contributed by atoms with van der Waals surface area (Å²) in [5.41, 5.74) is 1.98. The molecule has 1 amide bonds. The molecule has 1 aliphatic heterocycles. The van der Waals surface area contributed by atoms with Crippen molar-refractivity contribution in [3.05, 3.63) is 66.5 Å². The van der Waals surface area contributed by atoms with Gasteiger partial charge in [-0.15, -0.1) is 0 Å². The minimum atomic E-state index is -3.64. The molecule has 180 valence electrons. The molecule has 8 nitrogen and oxygen atoms in total. The Morgan fingerprint density at radius 2 is 1.82 bits per heavy atom. The highest BCUT2D eigenvalue weighted by molar-refractivity contribution is 7.89. The van der Waals surface area contributed by atoms with E-state index in [1.54, 1.807) is 29.2 Å². The number of piperidine rings is 1. The third-order valence-corrected chi connectivity index (χ3v) is 7.46. The molecule has 0 saturated carbocycles. The first kappa shape index (κ1) is 24.0. The molecular weight excluding hydrogens is 452 g/mol. The van der Waals surface area contributed by atoms with Gasteiger partial charge in [0.05, 0.1) is 35.0 Å². The average Bonchev–Trinajstić information content (AvgIpc) is 3.29. The highest BCUT2D eigenvalue weighted by Gasteiger charge is 2.27. The van der Waals surface area contributed by atoms with Crippen LogP contribution in [0.25, 0.3) is 5.69 Å². The van der Waals surface area contributed by atoms with E-state index < -0.39 is 10.0 Å². The van der Waals surface area contributed by atoms with Gasteiger partial charge in [0.2, 0.25) is 15.9 Å². The summed E-state index contributed by atoms with van der Waals surface area (Å²) < 4.78 is 35.4. The molecule has 34 heavy (non-hydrogen) atoms. The Bertz CT molecular complexity index is 1230. The van der Waals surface area contributed by atoms with Crippen molar-refractivity contribution in [2.75, 3.05) is 18.4 Å². The molecule has 2 aromatic carbocycles. The number of para-hydroxylation sites is 1. The van der Waals surface area contributed by atoms with Gasteiger partial charge in [-0.3, -0.25) is 4.79 Å². The number of hydrogen-bond acceptors (Lipinski definition) is 5. The van der Waals surface area contributed by atoms with E-state index >= 15 is 0 Å². The van der Waals surface area contributed by atoms with Crippen LogP contribution in [0.1, 0.15) is 38.7 Å². The summed E-state index contributed by atoms with van der Waals surface area (Å²) in [5.74, 6) is 0.148. The summed E-state index contributed by atoms with van der Waals surface area (Å²) >= 11 is 0. The second kappa shape index (κ2) is 10.4. The van der Waals surface area contributed by atoms with Crippen LogP contribution in [-0.4, -0.2) is 47.6 Å². The number of sulfonamides is 1. The standard InChI is InChI=1S/C25H30N4O4S/c1-19(2)33-24-12-11-22(34(31,32)28-13-7-4-8-14-28)16-23(24)27-25(30)15-20-17-26-29(18-20)21-9-5-3-6-10-21/h3,5-6,9-12,16-19H,4,7-8,13-15H2,1-2H3,(H,27,30). The van der Waals surface area contributed by atoms with Crippen LogP contribution in [0.5, 0.6) is 5.75 Å². The summed E-state index contributed by atoms with van der Waals surface area (Å²) in [6, 6.07) is 14.3. The van der Waals surface area contributed by atoms with Crippen molar-refractivity contribution >= 4 is 21.6 Å². The first-order chi connectivity index (χ1) is 16.3.